The van der Waals surface area contributed by atoms with Gasteiger partial charge in [0.05, 0.1) is 24.3 Å². The van der Waals surface area contributed by atoms with Crippen LogP contribution in [0.4, 0.5) is 0 Å². The Labute approximate surface area is 141 Å². The van der Waals surface area contributed by atoms with Crippen molar-refractivity contribution in [3.05, 3.63) is 41.6 Å². The second-order valence-electron chi connectivity index (χ2n) is 6.76. The summed E-state index contributed by atoms with van der Waals surface area (Å²) in [5.41, 5.74) is 2.64. The minimum atomic E-state index is -0.0209. The summed E-state index contributed by atoms with van der Waals surface area (Å²) in [5.74, 6) is 0.491. The highest BCUT2D eigenvalue weighted by Gasteiger charge is 2.29. The molecule has 1 aliphatic carbocycles. The molecule has 1 aromatic heterocycles. The van der Waals surface area contributed by atoms with Crippen molar-refractivity contribution in [1.82, 2.24) is 9.88 Å². The van der Waals surface area contributed by atoms with Crippen LogP contribution in [-0.2, 0) is 4.74 Å². The van der Waals surface area contributed by atoms with Gasteiger partial charge >= 0.3 is 0 Å². The molecule has 0 bridgehead atoms. The van der Waals surface area contributed by atoms with Crippen LogP contribution in [0.3, 0.4) is 0 Å². The number of aromatic nitrogens is 1. The van der Waals surface area contributed by atoms with E-state index in [1.54, 1.807) is 0 Å². The molecule has 1 saturated carbocycles. The summed E-state index contributed by atoms with van der Waals surface area (Å²) in [6.45, 7) is 2.15. The van der Waals surface area contributed by atoms with Crippen LogP contribution >= 0.6 is 0 Å². The summed E-state index contributed by atoms with van der Waals surface area (Å²) >= 11 is 0. The van der Waals surface area contributed by atoms with Crippen LogP contribution in [0.2, 0.25) is 0 Å². The van der Waals surface area contributed by atoms with Gasteiger partial charge in [-0.15, -0.1) is 0 Å². The lowest BCUT2D eigenvalue weighted by Crippen LogP contribution is -2.37. The maximum Gasteiger partial charge on any atom is 0.254 e. The quantitative estimate of drug-likeness (QED) is 0.939. The highest BCUT2D eigenvalue weighted by atomic mass is 16.5. The fourth-order valence-electron chi connectivity index (χ4n) is 3.31. The molecule has 126 valence electrons. The number of hydrogen-bond donors (Lipinski definition) is 1. The Morgan fingerprint density at radius 1 is 1.33 bits per heavy atom. The molecular formula is C19H22N2O3. The number of hydrogen-bond acceptors (Lipinski definition) is 4. The molecule has 24 heavy (non-hydrogen) atoms. The van der Waals surface area contributed by atoms with Crippen molar-refractivity contribution in [2.45, 2.75) is 18.8 Å². The second kappa shape index (κ2) is 6.49. The Hall–Kier alpha value is -1.98. The highest BCUT2D eigenvalue weighted by Crippen LogP contribution is 2.40. The van der Waals surface area contributed by atoms with Crippen LogP contribution in [0.5, 0.6) is 0 Å². The van der Waals surface area contributed by atoms with Crippen LogP contribution < -0.4 is 0 Å². The molecular weight excluding hydrogens is 304 g/mol. The van der Waals surface area contributed by atoms with E-state index in [1.807, 2.05) is 35.2 Å². The Kier molecular flexibility index (Phi) is 4.21. The fraction of sp³-hybridized carbons (Fsp3) is 0.474. The number of pyridine rings is 1. The van der Waals surface area contributed by atoms with E-state index in [0.29, 0.717) is 32.2 Å². The van der Waals surface area contributed by atoms with Crippen LogP contribution in [0.1, 0.15) is 34.8 Å². The maximum absolute atomic E-state index is 13.2. The summed E-state index contributed by atoms with van der Waals surface area (Å²) in [5, 5.41) is 10.4. The predicted octanol–water partition coefficient (Wildman–Crippen LogP) is 2.19. The molecule has 1 N–H and O–H groups in total. The van der Waals surface area contributed by atoms with E-state index in [9.17, 15) is 9.90 Å². The summed E-state index contributed by atoms with van der Waals surface area (Å²) in [4.78, 5) is 19.7. The van der Waals surface area contributed by atoms with Gasteiger partial charge in [-0.2, -0.15) is 0 Å². The molecule has 2 fully saturated rings. The van der Waals surface area contributed by atoms with E-state index in [0.717, 1.165) is 35.0 Å². The summed E-state index contributed by atoms with van der Waals surface area (Å²) < 4.78 is 5.51. The number of ether oxygens (including phenoxy) is 1. The number of carbonyl (C=O) groups is 1. The van der Waals surface area contributed by atoms with Crippen molar-refractivity contribution in [3.8, 4) is 0 Å². The number of amides is 1. The van der Waals surface area contributed by atoms with Gasteiger partial charge in [-0.25, -0.2) is 0 Å². The Balaban J connectivity index is 1.72. The van der Waals surface area contributed by atoms with Crippen LogP contribution in [-0.4, -0.2) is 53.8 Å². The Morgan fingerprint density at radius 2 is 2.17 bits per heavy atom. The molecule has 0 radical (unpaired) electrons. The number of para-hydroxylation sites is 1. The topological polar surface area (TPSA) is 62.7 Å². The Bertz CT molecular complexity index is 757. The molecule has 4 rings (SSSR count). The third-order valence-electron chi connectivity index (χ3n) is 4.85. The van der Waals surface area contributed by atoms with Crippen molar-refractivity contribution in [3.63, 3.8) is 0 Å². The van der Waals surface area contributed by atoms with E-state index in [4.69, 9.17) is 9.72 Å². The number of nitrogens with zero attached hydrogens (tertiary/aromatic N) is 2. The van der Waals surface area contributed by atoms with Crippen LogP contribution in [0.25, 0.3) is 10.9 Å². The number of aliphatic hydroxyl groups excluding tert-OH is 1. The van der Waals surface area contributed by atoms with Gasteiger partial charge in [0, 0.05) is 42.6 Å². The second-order valence-corrected chi connectivity index (χ2v) is 6.76. The SMILES string of the molecule is O=C(c1cc(C2CC2)nc2ccccc12)N1CCOC[C@@H](CO)C1. The van der Waals surface area contributed by atoms with E-state index in [1.165, 1.54) is 0 Å². The number of carbonyl (C=O) groups excluding carboxylic acids is 1. The largest absolute Gasteiger partial charge is 0.396 e. The zero-order valence-corrected chi connectivity index (χ0v) is 13.6. The number of benzene rings is 1. The van der Waals surface area contributed by atoms with E-state index >= 15 is 0 Å². The minimum absolute atomic E-state index is 0.0134. The normalized spacial score (nSPS) is 21.7. The molecule has 1 atom stereocenters. The van der Waals surface area contributed by atoms with Gasteiger partial charge in [-0.3, -0.25) is 9.78 Å². The van der Waals surface area contributed by atoms with Crippen molar-refractivity contribution < 1.29 is 14.6 Å². The molecule has 0 spiro atoms. The van der Waals surface area contributed by atoms with Gasteiger partial charge in [0.1, 0.15) is 0 Å². The van der Waals surface area contributed by atoms with Gasteiger partial charge in [-0.05, 0) is 25.0 Å². The molecule has 2 aliphatic rings. The lowest BCUT2D eigenvalue weighted by atomic mass is 10.0. The molecule has 2 aromatic rings. The summed E-state index contributed by atoms with van der Waals surface area (Å²) in [6, 6.07) is 9.81. The molecule has 1 aromatic carbocycles. The van der Waals surface area contributed by atoms with Gasteiger partial charge in [-0.1, -0.05) is 18.2 Å². The van der Waals surface area contributed by atoms with Crippen molar-refractivity contribution >= 4 is 16.8 Å². The first-order valence-electron chi connectivity index (χ1n) is 8.64. The fourth-order valence-corrected chi connectivity index (χ4v) is 3.31. The lowest BCUT2D eigenvalue weighted by Gasteiger charge is -2.23. The third-order valence-corrected chi connectivity index (χ3v) is 4.85. The lowest BCUT2D eigenvalue weighted by molar-refractivity contribution is 0.0730. The summed E-state index contributed by atoms with van der Waals surface area (Å²) in [6.07, 6.45) is 2.31. The first-order chi connectivity index (χ1) is 11.8. The van der Waals surface area contributed by atoms with Gasteiger partial charge < -0.3 is 14.7 Å². The average Bonchev–Trinajstić information content (AvgIpc) is 3.46. The number of rotatable bonds is 3. The van der Waals surface area contributed by atoms with Gasteiger partial charge in [0.25, 0.3) is 5.91 Å². The van der Waals surface area contributed by atoms with Crippen LogP contribution in [0.15, 0.2) is 30.3 Å². The van der Waals surface area contributed by atoms with Crippen LogP contribution in [0, 0.1) is 5.92 Å². The van der Waals surface area contributed by atoms with Gasteiger partial charge in [0.2, 0.25) is 0 Å². The molecule has 5 heteroatoms. The standard InChI is InChI=1S/C19H22N2O3/c22-11-13-10-21(7-8-24-12-13)19(23)16-9-18(14-5-6-14)20-17-4-2-1-3-15(16)17/h1-4,9,13-14,22H,5-8,10-12H2/t13-/m1/s1. The van der Waals surface area contributed by atoms with E-state index in [2.05, 4.69) is 0 Å². The van der Waals surface area contributed by atoms with Crippen molar-refractivity contribution in [2.24, 2.45) is 5.92 Å². The Morgan fingerprint density at radius 3 is 2.96 bits per heavy atom. The smallest absolute Gasteiger partial charge is 0.254 e. The number of fused-ring (bicyclic) bond motifs is 1. The summed E-state index contributed by atoms with van der Waals surface area (Å²) in [7, 11) is 0. The maximum atomic E-state index is 13.2. The van der Waals surface area contributed by atoms with E-state index < -0.39 is 0 Å². The predicted molar refractivity (Wildman–Crippen MR) is 91.0 cm³/mol. The molecule has 1 amide bonds. The minimum Gasteiger partial charge on any atom is -0.396 e. The molecule has 1 saturated heterocycles. The molecule has 1 aliphatic heterocycles. The zero-order valence-electron chi connectivity index (χ0n) is 13.6. The molecule has 2 heterocycles. The zero-order chi connectivity index (χ0) is 16.5. The van der Waals surface area contributed by atoms with Gasteiger partial charge in [0.15, 0.2) is 0 Å². The molecule has 5 nitrogen and oxygen atoms in total. The first-order valence-corrected chi connectivity index (χ1v) is 8.64. The molecule has 0 unspecified atom stereocenters. The number of aliphatic hydroxyl groups is 1. The average molecular weight is 326 g/mol. The van der Waals surface area contributed by atoms with Crippen molar-refractivity contribution in [1.29, 1.82) is 0 Å². The first kappa shape index (κ1) is 15.5. The monoisotopic (exact) mass is 326 g/mol. The highest BCUT2D eigenvalue weighted by molar-refractivity contribution is 6.06. The van der Waals surface area contributed by atoms with Crippen molar-refractivity contribution in [2.75, 3.05) is 32.9 Å². The third kappa shape index (κ3) is 3.01. The van der Waals surface area contributed by atoms with E-state index in [-0.39, 0.29) is 18.4 Å².